The normalized spacial score (nSPS) is 20.6. The Morgan fingerprint density at radius 2 is 1.81 bits per heavy atom. The van der Waals surface area contributed by atoms with Gasteiger partial charge in [-0.25, -0.2) is 0 Å². The Morgan fingerprint density at radius 1 is 1.19 bits per heavy atom. The van der Waals surface area contributed by atoms with Crippen molar-refractivity contribution in [1.82, 2.24) is 19.7 Å². The maximum atomic E-state index is 6.25. The van der Waals surface area contributed by atoms with Gasteiger partial charge in [0.05, 0.1) is 0 Å². The highest BCUT2D eigenvalue weighted by Gasteiger charge is 2.27. The van der Waals surface area contributed by atoms with Crippen molar-refractivity contribution in [2.75, 3.05) is 53.4 Å². The van der Waals surface area contributed by atoms with E-state index in [0.717, 1.165) is 39.3 Å². The zero-order valence-electron chi connectivity index (χ0n) is 13.6. The summed E-state index contributed by atoms with van der Waals surface area (Å²) in [5.74, 6) is 0. The summed E-state index contributed by atoms with van der Waals surface area (Å²) in [6.45, 7) is 8.80. The van der Waals surface area contributed by atoms with E-state index in [1.807, 2.05) is 12.4 Å². The van der Waals surface area contributed by atoms with Crippen molar-refractivity contribution in [1.29, 1.82) is 0 Å². The molecule has 2 N–H and O–H groups in total. The molecule has 21 heavy (non-hydrogen) atoms. The van der Waals surface area contributed by atoms with Gasteiger partial charge in [-0.05, 0) is 38.7 Å². The summed E-state index contributed by atoms with van der Waals surface area (Å²) in [6, 6.07) is 4.60. The van der Waals surface area contributed by atoms with Gasteiger partial charge < -0.3 is 10.6 Å². The van der Waals surface area contributed by atoms with Gasteiger partial charge in [-0.15, -0.1) is 0 Å². The largest absolute Gasteiger partial charge is 0.326 e. The van der Waals surface area contributed by atoms with E-state index < -0.39 is 0 Å². The molecule has 1 fully saturated rings. The van der Waals surface area contributed by atoms with Crippen molar-refractivity contribution >= 4 is 0 Å². The molecule has 0 spiro atoms. The molecule has 2 unspecified atom stereocenters. The van der Waals surface area contributed by atoms with Gasteiger partial charge in [-0.2, -0.15) is 0 Å². The smallest absolute Gasteiger partial charge is 0.0498 e. The minimum Gasteiger partial charge on any atom is -0.326 e. The number of hydrogen-bond acceptors (Lipinski definition) is 5. The van der Waals surface area contributed by atoms with Gasteiger partial charge in [0.1, 0.15) is 0 Å². The summed E-state index contributed by atoms with van der Waals surface area (Å²) in [4.78, 5) is 11.4. The van der Waals surface area contributed by atoms with E-state index in [9.17, 15) is 0 Å². The van der Waals surface area contributed by atoms with Crippen molar-refractivity contribution in [2.45, 2.75) is 19.0 Å². The Hall–Kier alpha value is -1.01. The molecule has 0 saturated carbocycles. The topological polar surface area (TPSA) is 48.6 Å². The second-order valence-corrected chi connectivity index (χ2v) is 6.27. The van der Waals surface area contributed by atoms with Crippen LogP contribution in [0.3, 0.4) is 0 Å². The van der Waals surface area contributed by atoms with Crippen LogP contribution in [0, 0.1) is 0 Å². The standard InChI is InChI=1S/C16H29N5/c1-14(17)16(15-4-6-18-7-5-15)21-12-10-20(11-13-21)9-8-19(2)3/h4-7,14,16H,8-13,17H2,1-3H3. The molecule has 0 amide bonds. The second kappa shape index (κ2) is 7.84. The number of piperazine rings is 1. The molecule has 2 heterocycles. The highest BCUT2D eigenvalue weighted by molar-refractivity contribution is 5.17. The molecule has 5 nitrogen and oxygen atoms in total. The van der Waals surface area contributed by atoms with Crippen LogP contribution in [0.4, 0.5) is 0 Å². The van der Waals surface area contributed by atoms with Crippen molar-refractivity contribution in [3.05, 3.63) is 30.1 Å². The molecule has 2 rings (SSSR count). The van der Waals surface area contributed by atoms with E-state index in [1.54, 1.807) is 0 Å². The first-order chi connectivity index (χ1) is 10.1. The first kappa shape index (κ1) is 16.4. The van der Waals surface area contributed by atoms with Gasteiger partial charge in [0.15, 0.2) is 0 Å². The molecule has 1 aliphatic rings. The third-order valence-corrected chi connectivity index (χ3v) is 4.21. The first-order valence-corrected chi connectivity index (χ1v) is 7.84. The van der Waals surface area contributed by atoms with E-state index in [2.05, 4.69) is 52.8 Å². The fourth-order valence-electron chi connectivity index (χ4n) is 3.01. The van der Waals surface area contributed by atoms with Gasteiger partial charge in [0, 0.05) is 63.7 Å². The van der Waals surface area contributed by atoms with Gasteiger partial charge in [-0.3, -0.25) is 14.8 Å². The fraction of sp³-hybridized carbons (Fsp3) is 0.688. The van der Waals surface area contributed by atoms with E-state index >= 15 is 0 Å². The predicted molar refractivity (Wildman–Crippen MR) is 87.2 cm³/mol. The molecule has 0 bridgehead atoms. The fourth-order valence-corrected chi connectivity index (χ4v) is 3.01. The van der Waals surface area contributed by atoms with E-state index in [1.165, 1.54) is 5.56 Å². The molecule has 5 heteroatoms. The first-order valence-electron chi connectivity index (χ1n) is 7.84. The zero-order valence-corrected chi connectivity index (χ0v) is 13.6. The van der Waals surface area contributed by atoms with E-state index in [4.69, 9.17) is 5.73 Å². The van der Waals surface area contributed by atoms with Gasteiger partial charge >= 0.3 is 0 Å². The lowest BCUT2D eigenvalue weighted by atomic mass is 9.99. The van der Waals surface area contributed by atoms with Crippen LogP contribution in [0.2, 0.25) is 0 Å². The molecule has 0 aromatic carbocycles. The maximum absolute atomic E-state index is 6.25. The minimum atomic E-state index is 0.126. The Labute approximate surface area is 128 Å². The Morgan fingerprint density at radius 3 is 2.33 bits per heavy atom. The molecule has 0 aliphatic carbocycles. The van der Waals surface area contributed by atoms with Crippen LogP contribution < -0.4 is 5.73 Å². The molecular weight excluding hydrogens is 262 g/mol. The summed E-state index contributed by atoms with van der Waals surface area (Å²) >= 11 is 0. The van der Waals surface area contributed by atoms with E-state index in [-0.39, 0.29) is 6.04 Å². The van der Waals surface area contributed by atoms with Gasteiger partial charge in [-0.1, -0.05) is 0 Å². The molecule has 0 radical (unpaired) electrons. The monoisotopic (exact) mass is 291 g/mol. The molecular formula is C16H29N5. The Balaban J connectivity index is 1.92. The lowest BCUT2D eigenvalue weighted by Crippen LogP contribution is -2.51. The van der Waals surface area contributed by atoms with Gasteiger partial charge in [0.25, 0.3) is 0 Å². The molecule has 118 valence electrons. The maximum Gasteiger partial charge on any atom is 0.0498 e. The predicted octanol–water partition coefficient (Wildman–Crippen LogP) is 0.649. The molecule has 1 aliphatic heterocycles. The summed E-state index contributed by atoms with van der Waals surface area (Å²) in [5, 5.41) is 0. The number of nitrogens with zero attached hydrogens (tertiary/aromatic N) is 4. The van der Waals surface area contributed by atoms with Crippen LogP contribution in [-0.2, 0) is 0 Å². The van der Waals surface area contributed by atoms with Crippen molar-refractivity contribution in [2.24, 2.45) is 5.73 Å². The number of nitrogens with two attached hydrogens (primary N) is 1. The van der Waals surface area contributed by atoms with Crippen LogP contribution in [0.25, 0.3) is 0 Å². The van der Waals surface area contributed by atoms with Crippen molar-refractivity contribution < 1.29 is 0 Å². The van der Waals surface area contributed by atoms with Gasteiger partial charge in [0.2, 0.25) is 0 Å². The SMILES string of the molecule is CC(N)C(c1ccncc1)N1CCN(CCN(C)C)CC1. The van der Waals surface area contributed by atoms with Crippen molar-refractivity contribution in [3.63, 3.8) is 0 Å². The average Bonchev–Trinajstić information content (AvgIpc) is 2.47. The summed E-state index contributed by atoms with van der Waals surface area (Å²) in [7, 11) is 4.26. The Bertz CT molecular complexity index is 398. The molecule has 1 aromatic rings. The highest BCUT2D eigenvalue weighted by atomic mass is 15.3. The van der Waals surface area contributed by atoms with Crippen molar-refractivity contribution in [3.8, 4) is 0 Å². The molecule has 1 aromatic heterocycles. The number of likely N-dealkylation sites (N-methyl/N-ethyl adjacent to an activating group) is 1. The Kier molecular flexibility index (Phi) is 6.11. The summed E-state index contributed by atoms with van der Waals surface area (Å²) < 4.78 is 0. The number of hydrogen-bond donors (Lipinski definition) is 1. The van der Waals surface area contributed by atoms with Crippen LogP contribution in [0.5, 0.6) is 0 Å². The molecule has 1 saturated heterocycles. The van der Waals surface area contributed by atoms with Crippen LogP contribution in [-0.4, -0.2) is 79.1 Å². The number of pyridine rings is 1. The highest BCUT2D eigenvalue weighted by Crippen LogP contribution is 2.24. The van der Waals surface area contributed by atoms with Crippen LogP contribution >= 0.6 is 0 Å². The average molecular weight is 291 g/mol. The number of aromatic nitrogens is 1. The van der Waals surface area contributed by atoms with Crippen LogP contribution in [0.1, 0.15) is 18.5 Å². The third-order valence-electron chi connectivity index (χ3n) is 4.21. The second-order valence-electron chi connectivity index (χ2n) is 6.27. The van der Waals surface area contributed by atoms with Crippen LogP contribution in [0.15, 0.2) is 24.5 Å². The summed E-state index contributed by atoms with van der Waals surface area (Å²) in [6.07, 6.45) is 3.72. The van der Waals surface area contributed by atoms with E-state index in [0.29, 0.717) is 6.04 Å². The quantitative estimate of drug-likeness (QED) is 0.834. The summed E-state index contributed by atoms with van der Waals surface area (Å²) in [5.41, 5.74) is 7.53. The lowest BCUT2D eigenvalue weighted by Gasteiger charge is -2.41. The minimum absolute atomic E-state index is 0.126. The molecule has 2 atom stereocenters. The lowest BCUT2D eigenvalue weighted by molar-refractivity contribution is 0.0830. The number of rotatable bonds is 6. The third kappa shape index (κ3) is 4.74. The zero-order chi connectivity index (χ0) is 15.2.